The van der Waals surface area contributed by atoms with E-state index < -0.39 is 0 Å². The molecule has 0 nitrogen and oxygen atoms in total. The summed E-state index contributed by atoms with van der Waals surface area (Å²) in [5.41, 5.74) is 14.6. The van der Waals surface area contributed by atoms with Crippen molar-refractivity contribution >= 4 is 64.6 Å². The quantitative estimate of drug-likeness (QED) is 0.147. The Morgan fingerprint density at radius 1 is 0.161 bits per heavy atom. The molecule has 0 heterocycles. The van der Waals surface area contributed by atoms with Gasteiger partial charge in [0.25, 0.3) is 0 Å². The molecule has 0 heteroatoms. The van der Waals surface area contributed by atoms with Crippen molar-refractivity contribution in [1.29, 1.82) is 0 Å². The Balaban J connectivity index is 0.908. The van der Waals surface area contributed by atoms with E-state index in [9.17, 15) is 0 Å². The van der Waals surface area contributed by atoms with Crippen LogP contribution in [0, 0.1) is 0 Å². The summed E-state index contributed by atoms with van der Waals surface area (Å²) in [6.45, 7) is 0. The van der Waals surface area contributed by atoms with E-state index >= 15 is 0 Å². The van der Waals surface area contributed by atoms with E-state index in [2.05, 4.69) is 231 Å². The number of hydrogen-bond donors (Lipinski definition) is 0. The van der Waals surface area contributed by atoms with Crippen LogP contribution in [0.2, 0.25) is 0 Å². The van der Waals surface area contributed by atoms with Gasteiger partial charge in [-0.25, -0.2) is 0 Å². The predicted molar refractivity (Wildman–Crippen MR) is 266 cm³/mol. The van der Waals surface area contributed by atoms with Crippen molar-refractivity contribution < 1.29 is 0 Å². The molecule has 0 unspecified atom stereocenters. The smallest absolute Gasteiger partial charge is 0.00206 e. The minimum absolute atomic E-state index is 1.20. The Bertz CT molecular complexity index is 3790. The summed E-state index contributed by atoms with van der Waals surface area (Å²) >= 11 is 0. The van der Waals surface area contributed by atoms with Crippen LogP contribution >= 0.6 is 0 Å². The van der Waals surface area contributed by atoms with Crippen molar-refractivity contribution in [3.63, 3.8) is 0 Å². The third-order valence-corrected chi connectivity index (χ3v) is 13.4. The molecule has 0 aliphatic heterocycles. The molecule has 0 fully saturated rings. The second kappa shape index (κ2) is 13.7. The van der Waals surface area contributed by atoms with Gasteiger partial charge in [0.1, 0.15) is 0 Å². The van der Waals surface area contributed by atoms with Crippen molar-refractivity contribution in [1.82, 2.24) is 0 Å². The van der Waals surface area contributed by atoms with E-state index in [-0.39, 0.29) is 0 Å². The van der Waals surface area contributed by atoms with Crippen molar-refractivity contribution in [3.05, 3.63) is 231 Å². The highest BCUT2D eigenvalue weighted by atomic mass is 14.2. The molecule has 0 saturated heterocycles. The summed E-state index contributed by atoms with van der Waals surface area (Å²) in [5, 5.41) is 15.7. The number of rotatable bonds is 6. The molecule has 13 aromatic carbocycles. The van der Waals surface area contributed by atoms with Crippen LogP contribution in [0.25, 0.3) is 131 Å². The average molecular weight is 783 g/mol. The van der Waals surface area contributed by atoms with Gasteiger partial charge in [-0.05, 0) is 144 Å². The largest absolute Gasteiger partial charge is 0.0622 e. The first-order valence-corrected chi connectivity index (χ1v) is 21.6. The van der Waals surface area contributed by atoms with Crippen molar-refractivity contribution in [3.8, 4) is 66.8 Å². The van der Waals surface area contributed by atoms with Gasteiger partial charge in [-0.3, -0.25) is 0 Å². The van der Waals surface area contributed by atoms with Gasteiger partial charge in [-0.2, -0.15) is 0 Å². The fraction of sp³-hybridized carbons (Fsp3) is 0. The van der Waals surface area contributed by atoms with Crippen LogP contribution in [0.5, 0.6) is 0 Å². The lowest BCUT2D eigenvalue weighted by molar-refractivity contribution is 1.55. The van der Waals surface area contributed by atoms with Gasteiger partial charge < -0.3 is 0 Å². The molecule has 13 aromatic rings. The zero-order chi connectivity index (χ0) is 40.7. The SMILES string of the molecule is c1ccc(-c2cccc(-c3cc(-c4ccc(-c5ccc6ccc7cccc8ccc5c6c78)cc4)ccc3-c3ccc(-c4ccc5ccc6cccc7ccc4c5c67)cc3)c2)cc1. The van der Waals surface area contributed by atoms with Crippen LogP contribution in [0.3, 0.4) is 0 Å². The first kappa shape index (κ1) is 34.8. The van der Waals surface area contributed by atoms with Gasteiger partial charge in [-0.15, -0.1) is 0 Å². The zero-order valence-corrected chi connectivity index (χ0v) is 33.9. The Hall–Kier alpha value is -8.06. The summed E-state index contributed by atoms with van der Waals surface area (Å²) in [7, 11) is 0. The highest BCUT2D eigenvalue weighted by Gasteiger charge is 2.16. The van der Waals surface area contributed by atoms with E-state index in [4.69, 9.17) is 0 Å². The van der Waals surface area contributed by atoms with Crippen LogP contribution in [-0.4, -0.2) is 0 Å². The van der Waals surface area contributed by atoms with Crippen molar-refractivity contribution in [2.45, 2.75) is 0 Å². The fourth-order valence-electron chi connectivity index (χ4n) is 10.4. The highest BCUT2D eigenvalue weighted by molar-refractivity contribution is 6.26. The van der Waals surface area contributed by atoms with E-state index in [1.165, 1.54) is 131 Å². The molecule has 286 valence electrons. The van der Waals surface area contributed by atoms with Crippen molar-refractivity contribution in [2.24, 2.45) is 0 Å². The minimum atomic E-state index is 1.20. The number of hydrogen-bond acceptors (Lipinski definition) is 0. The molecule has 0 aliphatic carbocycles. The maximum Gasteiger partial charge on any atom is -0.00206 e. The molecule has 13 rings (SSSR count). The predicted octanol–water partition coefficient (Wildman–Crippen LogP) is 17.5. The lowest BCUT2D eigenvalue weighted by Gasteiger charge is -2.16. The number of benzene rings is 13. The summed E-state index contributed by atoms with van der Waals surface area (Å²) in [6, 6.07) is 85.6. The van der Waals surface area contributed by atoms with Gasteiger partial charge >= 0.3 is 0 Å². The first-order valence-electron chi connectivity index (χ1n) is 21.6. The molecule has 0 amide bonds. The van der Waals surface area contributed by atoms with Crippen molar-refractivity contribution in [2.75, 3.05) is 0 Å². The third kappa shape index (κ3) is 5.47. The summed E-state index contributed by atoms with van der Waals surface area (Å²) in [6.07, 6.45) is 0. The molecule has 0 N–H and O–H groups in total. The summed E-state index contributed by atoms with van der Waals surface area (Å²) < 4.78 is 0. The molecule has 0 aliphatic rings. The molecular formula is C62H38. The minimum Gasteiger partial charge on any atom is -0.0622 e. The second-order valence-electron chi connectivity index (χ2n) is 16.8. The van der Waals surface area contributed by atoms with Gasteiger partial charge in [-0.1, -0.05) is 218 Å². The van der Waals surface area contributed by atoms with Gasteiger partial charge in [0.05, 0.1) is 0 Å². The van der Waals surface area contributed by atoms with Crippen LogP contribution in [0.1, 0.15) is 0 Å². The van der Waals surface area contributed by atoms with Gasteiger partial charge in [0.15, 0.2) is 0 Å². The Kier molecular flexibility index (Phi) is 7.71. The molecular weight excluding hydrogens is 745 g/mol. The Morgan fingerprint density at radius 2 is 0.516 bits per heavy atom. The van der Waals surface area contributed by atoms with Crippen LogP contribution in [-0.2, 0) is 0 Å². The standard InChI is InChI=1S/C62H38/c1-2-7-39(8-3-1)50-13-6-14-52(37-50)58-38-51(40-15-17-41(18-16-40)53-32-27-48-25-23-44-9-4-11-46-29-35-56(53)61(48)59(44)46)31-34-55(58)43-21-19-42(20-22-43)54-33-28-49-26-24-45-10-5-12-47-30-36-57(54)62(49)60(45)47/h1-38H. The van der Waals surface area contributed by atoms with Crippen LogP contribution < -0.4 is 0 Å². The van der Waals surface area contributed by atoms with E-state index in [1.807, 2.05) is 0 Å². The monoisotopic (exact) mass is 782 g/mol. The van der Waals surface area contributed by atoms with E-state index in [0.29, 0.717) is 0 Å². The molecule has 0 aromatic heterocycles. The molecule has 0 spiro atoms. The molecule has 0 atom stereocenters. The lowest BCUT2D eigenvalue weighted by Crippen LogP contribution is -1.90. The Labute approximate surface area is 360 Å². The normalized spacial score (nSPS) is 11.9. The van der Waals surface area contributed by atoms with E-state index in [1.54, 1.807) is 0 Å². The van der Waals surface area contributed by atoms with E-state index in [0.717, 1.165) is 0 Å². The lowest BCUT2D eigenvalue weighted by atomic mass is 9.87. The maximum atomic E-state index is 2.39. The fourth-order valence-corrected chi connectivity index (χ4v) is 10.4. The summed E-state index contributed by atoms with van der Waals surface area (Å²) in [5.74, 6) is 0. The average Bonchev–Trinajstić information content (AvgIpc) is 3.35. The molecule has 62 heavy (non-hydrogen) atoms. The molecule has 0 saturated carbocycles. The van der Waals surface area contributed by atoms with Gasteiger partial charge in [0.2, 0.25) is 0 Å². The zero-order valence-electron chi connectivity index (χ0n) is 33.9. The summed E-state index contributed by atoms with van der Waals surface area (Å²) in [4.78, 5) is 0. The molecule has 0 bridgehead atoms. The van der Waals surface area contributed by atoms with Crippen LogP contribution in [0.15, 0.2) is 231 Å². The topological polar surface area (TPSA) is 0 Å². The third-order valence-electron chi connectivity index (χ3n) is 13.4. The maximum absolute atomic E-state index is 2.39. The van der Waals surface area contributed by atoms with Gasteiger partial charge in [0, 0.05) is 0 Å². The Morgan fingerprint density at radius 3 is 1.06 bits per heavy atom. The van der Waals surface area contributed by atoms with Crippen LogP contribution in [0.4, 0.5) is 0 Å². The highest BCUT2D eigenvalue weighted by Crippen LogP contribution is 2.43. The second-order valence-corrected chi connectivity index (χ2v) is 16.8. The first-order chi connectivity index (χ1) is 30.7. The molecule has 0 radical (unpaired) electrons.